The van der Waals surface area contributed by atoms with Gasteiger partial charge in [-0.1, -0.05) is 48.7 Å². The molecular weight excluding hydrogens is 402 g/mol. The number of rotatable bonds is 4. The SMILES string of the molecule is O=C(c1ccc(Cn2nnc3ccccc3c2=O)cc1)N1CCN(C2CCCCC2)CC1. The standard InChI is InChI=1S/C25H29N5O2/c31-24(29-16-14-28(15-17-29)21-6-2-1-3-7-21)20-12-10-19(11-13-20)18-30-25(32)22-8-4-5-9-23(22)26-27-30/h4-5,8-13,21H,1-3,6-7,14-18H2. The number of amides is 1. The Balaban J connectivity index is 1.22. The largest absolute Gasteiger partial charge is 0.336 e. The van der Waals surface area contributed by atoms with Crippen molar-refractivity contribution in [2.75, 3.05) is 26.2 Å². The normalized spacial score (nSPS) is 18.2. The second kappa shape index (κ2) is 9.20. The number of hydrogen-bond donors (Lipinski definition) is 0. The van der Waals surface area contributed by atoms with Crippen molar-refractivity contribution >= 4 is 16.8 Å². The van der Waals surface area contributed by atoms with Gasteiger partial charge in [-0.25, -0.2) is 4.68 Å². The van der Waals surface area contributed by atoms with Crippen molar-refractivity contribution in [3.63, 3.8) is 0 Å². The summed E-state index contributed by atoms with van der Waals surface area (Å²) in [6.45, 7) is 3.85. The second-order valence-electron chi connectivity index (χ2n) is 8.89. The Hall–Kier alpha value is -3.06. The van der Waals surface area contributed by atoms with Crippen LogP contribution in [0.15, 0.2) is 53.3 Å². The molecule has 166 valence electrons. The molecule has 0 unspecified atom stereocenters. The Labute approximate surface area is 187 Å². The van der Waals surface area contributed by atoms with Crippen molar-refractivity contribution < 1.29 is 4.79 Å². The third kappa shape index (κ3) is 4.30. The molecule has 0 spiro atoms. The van der Waals surface area contributed by atoms with Gasteiger partial charge in [0.1, 0.15) is 5.52 Å². The number of carbonyl (C=O) groups is 1. The number of nitrogens with zero attached hydrogens (tertiary/aromatic N) is 5. The van der Waals surface area contributed by atoms with E-state index in [2.05, 4.69) is 15.2 Å². The molecule has 3 aromatic rings. The van der Waals surface area contributed by atoms with Crippen molar-refractivity contribution in [2.24, 2.45) is 0 Å². The first-order chi connectivity index (χ1) is 15.7. The molecule has 7 nitrogen and oxygen atoms in total. The zero-order valence-corrected chi connectivity index (χ0v) is 18.3. The van der Waals surface area contributed by atoms with Gasteiger partial charge < -0.3 is 4.90 Å². The minimum atomic E-state index is -0.161. The first-order valence-corrected chi connectivity index (χ1v) is 11.6. The predicted molar refractivity (Wildman–Crippen MR) is 124 cm³/mol. The Kier molecular flexibility index (Phi) is 5.99. The molecule has 2 aromatic carbocycles. The summed E-state index contributed by atoms with van der Waals surface area (Å²) in [6, 6.07) is 15.4. The van der Waals surface area contributed by atoms with Crippen LogP contribution in [0.2, 0.25) is 0 Å². The van der Waals surface area contributed by atoms with Gasteiger partial charge in [0.05, 0.1) is 11.9 Å². The highest BCUT2D eigenvalue weighted by molar-refractivity contribution is 5.94. The lowest BCUT2D eigenvalue weighted by Crippen LogP contribution is -2.52. The molecule has 0 atom stereocenters. The summed E-state index contributed by atoms with van der Waals surface area (Å²) in [4.78, 5) is 30.2. The van der Waals surface area contributed by atoms with E-state index in [0.29, 0.717) is 29.1 Å². The van der Waals surface area contributed by atoms with Crippen LogP contribution in [-0.2, 0) is 6.54 Å². The van der Waals surface area contributed by atoms with Crippen LogP contribution in [0, 0.1) is 0 Å². The molecule has 1 aromatic heterocycles. The summed E-state index contributed by atoms with van der Waals surface area (Å²) in [7, 11) is 0. The Morgan fingerprint density at radius 1 is 0.906 bits per heavy atom. The lowest BCUT2D eigenvalue weighted by molar-refractivity contribution is 0.0523. The van der Waals surface area contributed by atoms with E-state index in [9.17, 15) is 9.59 Å². The molecular formula is C25H29N5O2. The maximum atomic E-state index is 13.0. The van der Waals surface area contributed by atoms with Gasteiger partial charge in [-0.2, -0.15) is 0 Å². The van der Waals surface area contributed by atoms with Crippen LogP contribution >= 0.6 is 0 Å². The van der Waals surface area contributed by atoms with Gasteiger partial charge in [0.25, 0.3) is 11.5 Å². The molecule has 0 radical (unpaired) electrons. The first kappa shape index (κ1) is 20.8. The fourth-order valence-corrected chi connectivity index (χ4v) is 4.97. The molecule has 2 fully saturated rings. The number of aromatic nitrogens is 3. The number of piperazine rings is 1. The van der Waals surface area contributed by atoms with Crippen LogP contribution in [0.4, 0.5) is 0 Å². The van der Waals surface area contributed by atoms with E-state index < -0.39 is 0 Å². The Morgan fingerprint density at radius 3 is 2.38 bits per heavy atom. The molecule has 0 N–H and O–H groups in total. The zero-order chi connectivity index (χ0) is 21.9. The maximum Gasteiger partial charge on any atom is 0.277 e. The van der Waals surface area contributed by atoms with E-state index in [1.807, 2.05) is 41.3 Å². The second-order valence-corrected chi connectivity index (χ2v) is 8.89. The molecule has 5 rings (SSSR count). The fourth-order valence-electron chi connectivity index (χ4n) is 4.97. The topological polar surface area (TPSA) is 71.3 Å². The van der Waals surface area contributed by atoms with Crippen molar-refractivity contribution in [2.45, 2.75) is 44.7 Å². The molecule has 1 aliphatic carbocycles. The smallest absolute Gasteiger partial charge is 0.277 e. The fraction of sp³-hybridized carbons (Fsp3) is 0.440. The van der Waals surface area contributed by atoms with E-state index >= 15 is 0 Å². The molecule has 1 amide bonds. The Bertz CT molecular complexity index is 1140. The maximum absolute atomic E-state index is 13.0. The number of carbonyl (C=O) groups excluding carboxylic acids is 1. The van der Waals surface area contributed by atoms with E-state index in [0.717, 1.165) is 31.7 Å². The quantitative estimate of drug-likeness (QED) is 0.635. The summed E-state index contributed by atoms with van der Waals surface area (Å²) in [6.07, 6.45) is 6.66. The van der Waals surface area contributed by atoms with Crippen LogP contribution in [0.3, 0.4) is 0 Å². The number of fused-ring (bicyclic) bond motifs is 1. The molecule has 1 saturated heterocycles. The van der Waals surface area contributed by atoms with Crippen molar-refractivity contribution in [1.82, 2.24) is 24.8 Å². The highest BCUT2D eigenvalue weighted by atomic mass is 16.2. The van der Waals surface area contributed by atoms with Gasteiger partial charge in [-0.05, 0) is 42.7 Å². The van der Waals surface area contributed by atoms with Crippen LogP contribution in [0.25, 0.3) is 10.9 Å². The molecule has 0 bridgehead atoms. The minimum absolute atomic E-state index is 0.0857. The average molecular weight is 432 g/mol. The number of hydrogen-bond acceptors (Lipinski definition) is 5. The lowest BCUT2D eigenvalue weighted by atomic mass is 9.94. The third-order valence-corrected chi connectivity index (χ3v) is 6.86. The minimum Gasteiger partial charge on any atom is -0.336 e. The highest BCUT2D eigenvalue weighted by Crippen LogP contribution is 2.24. The summed E-state index contributed by atoms with van der Waals surface area (Å²) >= 11 is 0. The summed E-state index contributed by atoms with van der Waals surface area (Å²) < 4.78 is 1.36. The average Bonchev–Trinajstić information content (AvgIpc) is 2.86. The van der Waals surface area contributed by atoms with Gasteiger partial charge in [0, 0.05) is 37.8 Å². The monoisotopic (exact) mass is 431 g/mol. The third-order valence-electron chi connectivity index (χ3n) is 6.86. The van der Waals surface area contributed by atoms with Crippen LogP contribution in [-0.4, -0.2) is 62.9 Å². The summed E-state index contributed by atoms with van der Waals surface area (Å²) in [5, 5.41) is 8.74. The first-order valence-electron chi connectivity index (χ1n) is 11.6. The van der Waals surface area contributed by atoms with E-state index in [-0.39, 0.29) is 11.5 Å². The number of benzene rings is 2. The van der Waals surface area contributed by atoms with Crippen molar-refractivity contribution in [3.8, 4) is 0 Å². The van der Waals surface area contributed by atoms with Gasteiger partial charge >= 0.3 is 0 Å². The molecule has 7 heteroatoms. The summed E-state index contributed by atoms with van der Waals surface area (Å²) in [5.41, 5.74) is 2.04. The molecule has 1 aliphatic heterocycles. The zero-order valence-electron chi connectivity index (χ0n) is 18.3. The van der Waals surface area contributed by atoms with Crippen LogP contribution in [0.5, 0.6) is 0 Å². The van der Waals surface area contributed by atoms with Crippen molar-refractivity contribution in [1.29, 1.82) is 0 Å². The van der Waals surface area contributed by atoms with Gasteiger partial charge in [0.2, 0.25) is 0 Å². The van der Waals surface area contributed by atoms with Gasteiger partial charge in [0.15, 0.2) is 0 Å². The van der Waals surface area contributed by atoms with E-state index in [1.54, 1.807) is 12.1 Å². The summed E-state index contributed by atoms with van der Waals surface area (Å²) in [5.74, 6) is 0.0857. The Morgan fingerprint density at radius 2 is 1.62 bits per heavy atom. The highest BCUT2D eigenvalue weighted by Gasteiger charge is 2.27. The lowest BCUT2D eigenvalue weighted by Gasteiger charge is -2.40. The molecule has 1 saturated carbocycles. The van der Waals surface area contributed by atoms with Gasteiger partial charge in [-0.3, -0.25) is 14.5 Å². The molecule has 2 aliphatic rings. The predicted octanol–water partition coefficient (Wildman–Crippen LogP) is 2.93. The van der Waals surface area contributed by atoms with E-state index in [1.165, 1.54) is 36.8 Å². The molecule has 2 heterocycles. The molecule has 32 heavy (non-hydrogen) atoms. The van der Waals surface area contributed by atoms with Crippen LogP contribution in [0.1, 0.15) is 48.0 Å². The van der Waals surface area contributed by atoms with Crippen molar-refractivity contribution in [3.05, 3.63) is 70.0 Å². The van der Waals surface area contributed by atoms with Gasteiger partial charge in [-0.15, -0.1) is 5.10 Å². The van der Waals surface area contributed by atoms with Crippen LogP contribution < -0.4 is 5.56 Å². The van der Waals surface area contributed by atoms with E-state index in [4.69, 9.17) is 0 Å².